The minimum atomic E-state index is -4.31. The van der Waals surface area contributed by atoms with Gasteiger partial charge in [0.2, 0.25) is 5.91 Å². The Kier molecular flexibility index (Phi) is 6.10. The minimum absolute atomic E-state index is 0.0743. The SMILES string of the molecule is CC(Br)C(=O)NCCOCC(F)(F)F. The van der Waals surface area contributed by atoms with Gasteiger partial charge in [-0.2, -0.15) is 13.2 Å². The number of ether oxygens (including phenoxy) is 1. The fraction of sp³-hybridized carbons (Fsp3) is 0.857. The molecule has 0 fully saturated rings. The van der Waals surface area contributed by atoms with Crippen LogP contribution in [0.5, 0.6) is 0 Å². The van der Waals surface area contributed by atoms with Crippen LogP contribution in [0.15, 0.2) is 0 Å². The second-order valence-corrected chi connectivity index (χ2v) is 3.95. The van der Waals surface area contributed by atoms with Gasteiger partial charge in [-0.05, 0) is 6.92 Å². The summed E-state index contributed by atoms with van der Waals surface area (Å²) in [6.07, 6.45) is -4.31. The van der Waals surface area contributed by atoms with Crippen LogP contribution < -0.4 is 5.32 Å². The van der Waals surface area contributed by atoms with Crippen LogP contribution in [0.2, 0.25) is 0 Å². The molecule has 3 nitrogen and oxygen atoms in total. The van der Waals surface area contributed by atoms with Crippen LogP contribution in [0.4, 0.5) is 13.2 Å². The maximum atomic E-state index is 11.5. The molecule has 0 radical (unpaired) electrons. The van der Waals surface area contributed by atoms with Crippen LogP contribution in [0.1, 0.15) is 6.92 Å². The molecule has 0 heterocycles. The topological polar surface area (TPSA) is 38.3 Å². The van der Waals surface area contributed by atoms with Crippen molar-refractivity contribution in [2.45, 2.75) is 17.9 Å². The zero-order valence-corrected chi connectivity index (χ0v) is 9.11. The van der Waals surface area contributed by atoms with E-state index >= 15 is 0 Å². The highest BCUT2D eigenvalue weighted by Gasteiger charge is 2.27. The number of halogens is 4. The lowest BCUT2D eigenvalue weighted by Crippen LogP contribution is -2.32. The van der Waals surface area contributed by atoms with E-state index in [0.29, 0.717) is 0 Å². The third-order valence-electron chi connectivity index (χ3n) is 1.17. The van der Waals surface area contributed by atoms with Crippen molar-refractivity contribution in [2.75, 3.05) is 19.8 Å². The summed E-state index contributed by atoms with van der Waals surface area (Å²) >= 11 is 3.01. The average Bonchev–Trinajstić information content (AvgIpc) is 2.01. The van der Waals surface area contributed by atoms with Gasteiger partial charge in [0.25, 0.3) is 0 Å². The summed E-state index contributed by atoms with van der Waals surface area (Å²) in [6, 6.07) is 0. The molecular weight excluding hydrogens is 267 g/mol. The molecule has 1 unspecified atom stereocenters. The molecule has 0 aromatic carbocycles. The van der Waals surface area contributed by atoms with Crippen molar-refractivity contribution in [3.8, 4) is 0 Å². The van der Waals surface area contributed by atoms with E-state index < -0.39 is 12.8 Å². The third-order valence-corrected chi connectivity index (χ3v) is 1.59. The van der Waals surface area contributed by atoms with E-state index in [1.807, 2.05) is 0 Å². The first-order valence-electron chi connectivity index (χ1n) is 3.89. The van der Waals surface area contributed by atoms with Crippen molar-refractivity contribution < 1.29 is 22.7 Å². The predicted molar refractivity (Wildman–Crippen MR) is 48.3 cm³/mol. The van der Waals surface area contributed by atoms with E-state index in [1.54, 1.807) is 6.92 Å². The maximum absolute atomic E-state index is 11.5. The highest BCUT2D eigenvalue weighted by atomic mass is 79.9. The van der Waals surface area contributed by atoms with Gasteiger partial charge in [0.05, 0.1) is 11.4 Å². The van der Waals surface area contributed by atoms with Gasteiger partial charge in [-0.15, -0.1) is 0 Å². The molecule has 1 atom stereocenters. The van der Waals surface area contributed by atoms with Gasteiger partial charge in [0.1, 0.15) is 6.61 Å². The first kappa shape index (κ1) is 13.7. The van der Waals surface area contributed by atoms with Crippen molar-refractivity contribution in [1.82, 2.24) is 5.32 Å². The lowest BCUT2D eigenvalue weighted by molar-refractivity contribution is -0.173. The summed E-state index contributed by atoms with van der Waals surface area (Å²) in [4.78, 5) is 10.5. The van der Waals surface area contributed by atoms with Gasteiger partial charge < -0.3 is 10.1 Å². The van der Waals surface area contributed by atoms with Crippen molar-refractivity contribution in [3.63, 3.8) is 0 Å². The van der Waals surface area contributed by atoms with Gasteiger partial charge in [0.15, 0.2) is 0 Å². The predicted octanol–water partition coefficient (Wildman–Crippen LogP) is 1.46. The summed E-state index contributed by atoms with van der Waals surface area (Å²) in [7, 11) is 0. The molecule has 1 amide bonds. The van der Waals surface area contributed by atoms with Crippen molar-refractivity contribution in [1.29, 1.82) is 0 Å². The van der Waals surface area contributed by atoms with Gasteiger partial charge in [-0.25, -0.2) is 0 Å². The normalized spacial score (nSPS) is 13.8. The lowest BCUT2D eigenvalue weighted by atomic mass is 10.4. The first-order valence-corrected chi connectivity index (χ1v) is 4.81. The molecule has 0 aliphatic rings. The molecule has 0 aromatic heterocycles. The number of carbonyl (C=O) groups excluding carboxylic acids is 1. The van der Waals surface area contributed by atoms with Crippen LogP contribution in [0.3, 0.4) is 0 Å². The molecule has 0 saturated carbocycles. The molecule has 0 aromatic rings. The number of rotatable bonds is 5. The molecule has 0 bridgehead atoms. The fourth-order valence-electron chi connectivity index (χ4n) is 0.575. The summed E-state index contributed by atoms with van der Waals surface area (Å²) in [5, 5.41) is 2.39. The van der Waals surface area contributed by atoms with Gasteiger partial charge in [-0.3, -0.25) is 4.79 Å². The Hall–Kier alpha value is -0.300. The smallest absolute Gasteiger partial charge is 0.370 e. The second-order valence-electron chi connectivity index (χ2n) is 2.57. The van der Waals surface area contributed by atoms with Crippen molar-refractivity contribution in [2.24, 2.45) is 0 Å². The van der Waals surface area contributed by atoms with E-state index in [9.17, 15) is 18.0 Å². The summed E-state index contributed by atoms with van der Waals surface area (Å²) in [5.41, 5.74) is 0. The molecule has 1 N–H and O–H groups in total. The number of nitrogens with one attached hydrogen (secondary N) is 1. The van der Waals surface area contributed by atoms with E-state index in [-0.39, 0.29) is 23.9 Å². The maximum Gasteiger partial charge on any atom is 0.411 e. The molecular formula is C7H11BrF3NO2. The Bertz CT molecular complexity index is 184. The number of amides is 1. The largest absolute Gasteiger partial charge is 0.411 e. The number of hydrogen-bond acceptors (Lipinski definition) is 2. The Morgan fingerprint density at radius 1 is 1.57 bits per heavy atom. The first-order chi connectivity index (χ1) is 6.33. The van der Waals surface area contributed by atoms with E-state index in [0.717, 1.165) is 0 Å². The van der Waals surface area contributed by atoms with Gasteiger partial charge in [-0.1, -0.05) is 15.9 Å². The monoisotopic (exact) mass is 277 g/mol. The highest BCUT2D eigenvalue weighted by Crippen LogP contribution is 2.13. The standard InChI is InChI=1S/C7H11BrF3NO2/c1-5(8)6(13)12-2-3-14-4-7(9,10)11/h5H,2-4H2,1H3,(H,12,13). The fourth-order valence-corrected chi connectivity index (χ4v) is 0.737. The Morgan fingerprint density at radius 3 is 2.57 bits per heavy atom. The third kappa shape index (κ3) is 8.31. The number of carbonyl (C=O) groups is 1. The summed E-state index contributed by atoms with van der Waals surface area (Å²) in [5.74, 6) is -0.277. The van der Waals surface area contributed by atoms with Crippen LogP contribution >= 0.6 is 15.9 Å². The number of alkyl halides is 4. The number of hydrogen-bond donors (Lipinski definition) is 1. The second kappa shape index (κ2) is 6.23. The van der Waals surface area contributed by atoms with Crippen molar-refractivity contribution >= 4 is 21.8 Å². The van der Waals surface area contributed by atoms with Crippen LogP contribution in [-0.2, 0) is 9.53 Å². The highest BCUT2D eigenvalue weighted by molar-refractivity contribution is 9.10. The van der Waals surface area contributed by atoms with E-state index in [1.165, 1.54) is 0 Å². The molecule has 0 aliphatic carbocycles. The lowest BCUT2D eigenvalue weighted by Gasteiger charge is -2.09. The van der Waals surface area contributed by atoms with E-state index in [2.05, 4.69) is 26.0 Å². The van der Waals surface area contributed by atoms with Gasteiger partial charge in [0, 0.05) is 6.54 Å². The Labute approximate surface area is 88.1 Å². The Morgan fingerprint density at radius 2 is 2.14 bits per heavy atom. The molecule has 7 heteroatoms. The molecule has 14 heavy (non-hydrogen) atoms. The van der Waals surface area contributed by atoms with Crippen LogP contribution in [0.25, 0.3) is 0 Å². The summed E-state index contributed by atoms with van der Waals surface area (Å²) in [6.45, 7) is 0.258. The van der Waals surface area contributed by atoms with Crippen LogP contribution in [-0.4, -0.2) is 36.7 Å². The molecule has 0 rings (SSSR count). The van der Waals surface area contributed by atoms with Crippen molar-refractivity contribution in [3.05, 3.63) is 0 Å². The quantitative estimate of drug-likeness (QED) is 0.611. The molecule has 0 aliphatic heterocycles. The average molecular weight is 278 g/mol. The molecule has 0 spiro atoms. The van der Waals surface area contributed by atoms with Gasteiger partial charge >= 0.3 is 6.18 Å². The van der Waals surface area contributed by atoms with Crippen LogP contribution in [0, 0.1) is 0 Å². The zero-order valence-electron chi connectivity index (χ0n) is 7.53. The molecule has 0 saturated heterocycles. The van der Waals surface area contributed by atoms with E-state index in [4.69, 9.17) is 0 Å². The molecule has 84 valence electrons. The summed E-state index contributed by atoms with van der Waals surface area (Å²) < 4.78 is 38.9. The Balaban J connectivity index is 3.35. The zero-order chi connectivity index (χ0) is 11.2. The minimum Gasteiger partial charge on any atom is -0.370 e.